The summed E-state index contributed by atoms with van der Waals surface area (Å²) in [6.07, 6.45) is 2.09. The number of nitrogens with two attached hydrogens (primary N) is 1. The second kappa shape index (κ2) is 6.80. The summed E-state index contributed by atoms with van der Waals surface area (Å²) in [7, 11) is 3.15. The Labute approximate surface area is 126 Å². The molecule has 0 spiro atoms. The molecular weight excluding hydrogens is 268 g/mol. The first kappa shape index (κ1) is 15.6. The van der Waals surface area contributed by atoms with Crippen molar-refractivity contribution < 1.29 is 14.3 Å². The Morgan fingerprint density at radius 3 is 2.62 bits per heavy atom. The maximum Gasteiger partial charge on any atom is 0.254 e. The molecule has 1 aliphatic heterocycles. The number of carbonyl (C=O) groups excluding carboxylic acids is 1. The summed E-state index contributed by atoms with van der Waals surface area (Å²) in [5.41, 5.74) is 6.38. The standard InChI is InChI=1S/C16H24N2O3/c1-11-4-5-12(9-17)10-18(11)16(19)13-6-7-14(20-2)15(8-13)21-3/h6-8,11-12H,4-5,9-10,17H2,1-3H3. The van der Waals surface area contributed by atoms with Gasteiger partial charge in [0.15, 0.2) is 11.5 Å². The highest BCUT2D eigenvalue weighted by Gasteiger charge is 2.29. The molecule has 5 heteroatoms. The molecule has 1 fully saturated rings. The van der Waals surface area contributed by atoms with E-state index < -0.39 is 0 Å². The number of hydrogen-bond acceptors (Lipinski definition) is 4. The summed E-state index contributed by atoms with van der Waals surface area (Å²) in [6.45, 7) is 3.44. The smallest absolute Gasteiger partial charge is 0.254 e. The second-order valence-corrected chi connectivity index (χ2v) is 5.56. The molecular formula is C16H24N2O3. The Morgan fingerprint density at radius 1 is 1.29 bits per heavy atom. The molecule has 1 aliphatic rings. The number of nitrogens with zero attached hydrogens (tertiary/aromatic N) is 1. The predicted octanol–water partition coefficient (Wildman–Crippen LogP) is 1.90. The number of hydrogen-bond donors (Lipinski definition) is 1. The molecule has 0 saturated carbocycles. The molecule has 0 aromatic heterocycles. The van der Waals surface area contributed by atoms with Crippen LogP contribution >= 0.6 is 0 Å². The van der Waals surface area contributed by atoms with Gasteiger partial charge in [0.2, 0.25) is 0 Å². The quantitative estimate of drug-likeness (QED) is 0.920. The average molecular weight is 292 g/mol. The molecule has 0 bridgehead atoms. The fraction of sp³-hybridized carbons (Fsp3) is 0.562. The topological polar surface area (TPSA) is 64.8 Å². The molecule has 21 heavy (non-hydrogen) atoms. The van der Waals surface area contributed by atoms with Crippen molar-refractivity contribution in [3.05, 3.63) is 23.8 Å². The third kappa shape index (κ3) is 3.29. The highest BCUT2D eigenvalue weighted by Crippen LogP contribution is 2.29. The predicted molar refractivity (Wildman–Crippen MR) is 81.8 cm³/mol. The summed E-state index contributed by atoms with van der Waals surface area (Å²) in [4.78, 5) is 14.6. The van der Waals surface area contributed by atoms with Crippen LogP contribution < -0.4 is 15.2 Å². The van der Waals surface area contributed by atoms with Crippen molar-refractivity contribution in [1.82, 2.24) is 4.90 Å². The Morgan fingerprint density at radius 2 is 2.00 bits per heavy atom. The van der Waals surface area contributed by atoms with Gasteiger partial charge in [0.1, 0.15) is 0 Å². The maximum absolute atomic E-state index is 12.7. The van der Waals surface area contributed by atoms with E-state index >= 15 is 0 Å². The number of benzene rings is 1. The molecule has 2 atom stereocenters. The van der Waals surface area contributed by atoms with Gasteiger partial charge in [-0.2, -0.15) is 0 Å². The first-order chi connectivity index (χ1) is 10.1. The minimum Gasteiger partial charge on any atom is -0.493 e. The molecule has 0 aliphatic carbocycles. The monoisotopic (exact) mass is 292 g/mol. The zero-order valence-corrected chi connectivity index (χ0v) is 13.0. The van der Waals surface area contributed by atoms with E-state index in [4.69, 9.17) is 15.2 Å². The lowest BCUT2D eigenvalue weighted by molar-refractivity contribution is 0.0566. The normalized spacial score (nSPS) is 22.0. The average Bonchev–Trinajstić information content (AvgIpc) is 2.54. The van der Waals surface area contributed by atoms with Crippen molar-refractivity contribution >= 4 is 5.91 Å². The van der Waals surface area contributed by atoms with Crippen LogP contribution in [0.1, 0.15) is 30.1 Å². The van der Waals surface area contributed by atoms with Crippen LogP contribution in [0.15, 0.2) is 18.2 Å². The largest absolute Gasteiger partial charge is 0.493 e. The van der Waals surface area contributed by atoms with E-state index in [1.165, 1.54) is 0 Å². The van der Waals surface area contributed by atoms with Crippen molar-refractivity contribution in [1.29, 1.82) is 0 Å². The van der Waals surface area contributed by atoms with E-state index in [2.05, 4.69) is 6.92 Å². The van der Waals surface area contributed by atoms with Gasteiger partial charge in [-0.3, -0.25) is 4.79 Å². The SMILES string of the molecule is COc1ccc(C(=O)N2CC(CN)CCC2C)cc1OC. The van der Waals surface area contributed by atoms with E-state index in [9.17, 15) is 4.79 Å². The fourth-order valence-electron chi connectivity index (χ4n) is 2.79. The van der Waals surface area contributed by atoms with Crippen LogP contribution in [0.4, 0.5) is 0 Å². The van der Waals surface area contributed by atoms with Crippen LogP contribution in [0.2, 0.25) is 0 Å². The fourth-order valence-corrected chi connectivity index (χ4v) is 2.79. The van der Waals surface area contributed by atoms with Gasteiger partial charge in [-0.25, -0.2) is 0 Å². The maximum atomic E-state index is 12.7. The molecule has 2 unspecified atom stereocenters. The lowest BCUT2D eigenvalue weighted by atomic mass is 9.93. The van der Waals surface area contributed by atoms with E-state index in [-0.39, 0.29) is 11.9 Å². The van der Waals surface area contributed by atoms with Crippen LogP contribution in [-0.4, -0.2) is 44.2 Å². The van der Waals surface area contributed by atoms with Crippen LogP contribution in [-0.2, 0) is 0 Å². The van der Waals surface area contributed by atoms with Gasteiger partial charge < -0.3 is 20.1 Å². The number of rotatable bonds is 4. The van der Waals surface area contributed by atoms with Crippen molar-refractivity contribution in [2.75, 3.05) is 27.3 Å². The number of carbonyl (C=O) groups is 1. The zero-order valence-electron chi connectivity index (χ0n) is 13.0. The number of methoxy groups -OCH3 is 2. The van der Waals surface area contributed by atoms with Crippen LogP contribution in [0, 0.1) is 5.92 Å². The van der Waals surface area contributed by atoms with Gasteiger partial charge in [0.05, 0.1) is 14.2 Å². The van der Waals surface area contributed by atoms with Gasteiger partial charge >= 0.3 is 0 Å². The van der Waals surface area contributed by atoms with E-state index in [0.29, 0.717) is 29.5 Å². The van der Waals surface area contributed by atoms with Gasteiger partial charge in [-0.1, -0.05) is 0 Å². The molecule has 1 amide bonds. The van der Waals surface area contributed by atoms with Crippen LogP contribution in [0.3, 0.4) is 0 Å². The second-order valence-electron chi connectivity index (χ2n) is 5.56. The number of amides is 1. The van der Waals surface area contributed by atoms with Crippen LogP contribution in [0.25, 0.3) is 0 Å². The molecule has 2 N–H and O–H groups in total. The summed E-state index contributed by atoms with van der Waals surface area (Å²) in [5.74, 6) is 1.62. The van der Waals surface area contributed by atoms with E-state index in [1.807, 2.05) is 4.90 Å². The van der Waals surface area contributed by atoms with E-state index in [1.54, 1.807) is 32.4 Å². The molecule has 1 saturated heterocycles. The number of ether oxygens (including phenoxy) is 2. The Bertz CT molecular complexity index is 504. The Hall–Kier alpha value is -1.75. The van der Waals surface area contributed by atoms with Crippen molar-refractivity contribution in [3.8, 4) is 11.5 Å². The summed E-state index contributed by atoms with van der Waals surface area (Å²) in [5, 5.41) is 0. The van der Waals surface area contributed by atoms with Gasteiger partial charge in [0, 0.05) is 18.2 Å². The molecule has 1 heterocycles. The van der Waals surface area contributed by atoms with E-state index in [0.717, 1.165) is 19.4 Å². The summed E-state index contributed by atoms with van der Waals surface area (Å²) >= 11 is 0. The number of piperidine rings is 1. The molecule has 0 radical (unpaired) electrons. The molecule has 5 nitrogen and oxygen atoms in total. The lowest BCUT2D eigenvalue weighted by Gasteiger charge is -2.37. The molecule has 1 aromatic carbocycles. The highest BCUT2D eigenvalue weighted by atomic mass is 16.5. The molecule has 2 rings (SSSR count). The van der Waals surface area contributed by atoms with Crippen molar-refractivity contribution in [2.45, 2.75) is 25.8 Å². The highest BCUT2D eigenvalue weighted by molar-refractivity contribution is 5.95. The zero-order chi connectivity index (χ0) is 15.4. The van der Waals surface area contributed by atoms with Crippen LogP contribution in [0.5, 0.6) is 11.5 Å². The third-order valence-corrected chi connectivity index (χ3v) is 4.20. The van der Waals surface area contributed by atoms with Gasteiger partial charge in [-0.05, 0) is 50.4 Å². The first-order valence-corrected chi connectivity index (χ1v) is 7.33. The first-order valence-electron chi connectivity index (χ1n) is 7.33. The Kier molecular flexibility index (Phi) is 5.07. The molecule has 116 valence electrons. The van der Waals surface area contributed by atoms with Gasteiger partial charge in [-0.15, -0.1) is 0 Å². The molecule has 1 aromatic rings. The minimum absolute atomic E-state index is 0.0293. The Balaban J connectivity index is 2.22. The van der Waals surface area contributed by atoms with Crippen molar-refractivity contribution in [2.24, 2.45) is 11.7 Å². The third-order valence-electron chi connectivity index (χ3n) is 4.20. The summed E-state index contributed by atoms with van der Waals surface area (Å²) < 4.78 is 10.5. The summed E-state index contributed by atoms with van der Waals surface area (Å²) in [6, 6.07) is 5.53. The minimum atomic E-state index is 0.0293. The van der Waals surface area contributed by atoms with Gasteiger partial charge in [0.25, 0.3) is 5.91 Å². The lowest BCUT2D eigenvalue weighted by Crippen LogP contribution is -2.47. The van der Waals surface area contributed by atoms with Crippen molar-refractivity contribution in [3.63, 3.8) is 0 Å². The number of likely N-dealkylation sites (tertiary alicyclic amines) is 1.